The number of hydrogen-bond donors (Lipinski definition) is 2. The van der Waals surface area contributed by atoms with Crippen LogP contribution in [0.25, 0.3) is 0 Å². The zero-order chi connectivity index (χ0) is 38.5. The van der Waals surface area contributed by atoms with E-state index in [1.165, 1.54) is 0 Å². The molecular weight excluding hydrogens is 942 g/mol. The summed E-state index contributed by atoms with van der Waals surface area (Å²) in [4.78, 5) is 28.0. The van der Waals surface area contributed by atoms with E-state index in [0.717, 1.165) is 17.9 Å². The molecule has 0 amide bonds. The third-order valence-corrected chi connectivity index (χ3v) is 11.7. The Morgan fingerprint density at radius 2 is 1.30 bits per heavy atom. The third kappa shape index (κ3) is 37.9. The molecule has 2 N–H and O–H groups in total. The fourth-order valence-corrected chi connectivity index (χ4v) is 6.71. The van der Waals surface area contributed by atoms with Crippen molar-refractivity contribution < 1.29 is 33.9 Å². The van der Waals surface area contributed by atoms with Gasteiger partial charge < -0.3 is 24.3 Å². The molecule has 0 saturated carbocycles. The Hall–Kier alpha value is 0.809. The SMILES string of the molecule is C=C/C=C/CBr.C=C[C@@H]([C@H](O)CBr)[Si](C)(C)C.CC1(C)OB(C/C=C/[Si](C)(C)C)OC1(C)C.O=C(Cl)C(=O)Cl.O=CCBr.OCCBr. The van der Waals surface area contributed by atoms with Gasteiger partial charge in [-0.15, -0.1) is 6.58 Å². The monoisotopic (exact) mass is 994 g/mol. The molecule has 0 bridgehead atoms. The number of allylic oxidation sites excluding steroid dienone is 4. The first-order valence-electron chi connectivity index (χ1n) is 14.6. The summed E-state index contributed by atoms with van der Waals surface area (Å²) in [5.41, 5.74) is 2.23. The summed E-state index contributed by atoms with van der Waals surface area (Å²) in [6.07, 6.45) is 11.1. The molecule has 47 heavy (non-hydrogen) atoms. The first kappa shape index (κ1) is 57.2. The average molecular weight is 999 g/mol. The maximum Gasteiger partial charge on any atom is 0.461 e. The van der Waals surface area contributed by atoms with Crippen LogP contribution in [0, 0.1) is 0 Å². The second-order valence-corrected chi connectivity index (χ2v) is 26.5. The lowest BCUT2D eigenvalue weighted by Gasteiger charge is -2.32. The van der Waals surface area contributed by atoms with Crippen LogP contribution in [0.3, 0.4) is 0 Å². The van der Waals surface area contributed by atoms with E-state index in [9.17, 15) is 14.7 Å². The van der Waals surface area contributed by atoms with Gasteiger partial charge in [0.25, 0.3) is 0 Å². The quantitative estimate of drug-likeness (QED) is 0.0381. The number of carbonyl (C=O) groups is 3. The van der Waals surface area contributed by atoms with Crippen LogP contribution in [0.2, 0.25) is 51.1 Å². The molecule has 0 unspecified atom stereocenters. The normalized spacial score (nSPS) is 15.7. The van der Waals surface area contributed by atoms with Crippen LogP contribution in [-0.4, -0.2) is 95.5 Å². The van der Waals surface area contributed by atoms with E-state index in [1.54, 1.807) is 6.08 Å². The predicted molar refractivity (Wildman–Crippen MR) is 226 cm³/mol. The van der Waals surface area contributed by atoms with Crippen LogP contribution in [0.4, 0.5) is 0 Å². The van der Waals surface area contributed by atoms with Gasteiger partial charge in [0.2, 0.25) is 0 Å². The van der Waals surface area contributed by atoms with Crippen molar-refractivity contribution in [3.63, 3.8) is 0 Å². The van der Waals surface area contributed by atoms with Gasteiger partial charge in [-0.25, -0.2) is 0 Å². The summed E-state index contributed by atoms with van der Waals surface area (Å²) in [6, 6.07) is 0. The molecule has 0 aliphatic carbocycles. The molecule has 1 saturated heterocycles. The fourth-order valence-electron chi connectivity index (χ4n) is 2.93. The number of aliphatic hydroxyl groups is 2. The fraction of sp³-hybridized carbons (Fsp3) is 0.645. The highest BCUT2D eigenvalue weighted by atomic mass is 79.9. The highest BCUT2D eigenvalue weighted by Crippen LogP contribution is 2.37. The van der Waals surface area contributed by atoms with E-state index in [2.05, 4.69) is 179 Å². The van der Waals surface area contributed by atoms with Crippen LogP contribution < -0.4 is 0 Å². The van der Waals surface area contributed by atoms with Gasteiger partial charge >= 0.3 is 17.6 Å². The van der Waals surface area contributed by atoms with Crippen molar-refractivity contribution in [1.82, 2.24) is 0 Å². The third-order valence-electron chi connectivity index (χ3n) is 5.74. The number of alkyl halides is 4. The molecule has 1 aliphatic heterocycles. The molecule has 16 heteroatoms. The van der Waals surface area contributed by atoms with Crippen LogP contribution in [-0.2, 0) is 23.7 Å². The van der Waals surface area contributed by atoms with E-state index >= 15 is 0 Å². The van der Waals surface area contributed by atoms with Gasteiger partial charge in [0.15, 0.2) is 0 Å². The second-order valence-electron chi connectivity index (χ2n) is 12.6. The summed E-state index contributed by atoms with van der Waals surface area (Å²) in [5.74, 6) is 0. The van der Waals surface area contributed by atoms with Gasteiger partial charge in [0, 0.05) is 16.0 Å². The molecule has 2 atom stereocenters. The Balaban J connectivity index is -0.000000165. The molecule has 276 valence electrons. The zero-order valence-electron chi connectivity index (χ0n) is 29.6. The Labute approximate surface area is 331 Å². The Bertz CT molecular complexity index is 885. The summed E-state index contributed by atoms with van der Waals surface area (Å²) >= 11 is 21.4. The summed E-state index contributed by atoms with van der Waals surface area (Å²) in [7, 11) is -2.45. The largest absolute Gasteiger partial charge is 0.461 e. The average Bonchev–Trinajstić information content (AvgIpc) is 3.16. The van der Waals surface area contributed by atoms with Crippen molar-refractivity contribution in [3.05, 3.63) is 49.2 Å². The molecule has 1 fully saturated rings. The van der Waals surface area contributed by atoms with E-state index in [-0.39, 0.29) is 31.0 Å². The van der Waals surface area contributed by atoms with Gasteiger partial charge in [-0.05, 0) is 62.8 Å². The first-order valence-corrected chi connectivity index (χ1v) is 27.0. The summed E-state index contributed by atoms with van der Waals surface area (Å²) in [6.45, 7) is 29.6. The number of aldehydes is 1. The topological polar surface area (TPSA) is 110 Å². The number of carbonyl (C=O) groups excluding carboxylic acids is 3. The zero-order valence-corrected chi connectivity index (χ0v) is 39.5. The van der Waals surface area contributed by atoms with E-state index in [0.29, 0.717) is 21.5 Å². The van der Waals surface area contributed by atoms with Crippen molar-refractivity contribution >= 4 is 127 Å². The van der Waals surface area contributed by atoms with Crippen LogP contribution in [0.15, 0.2) is 49.2 Å². The molecule has 7 nitrogen and oxygen atoms in total. The van der Waals surface area contributed by atoms with E-state index in [1.807, 2.05) is 18.2 Å². The smallest absolute Gasteiger partial charge is 0.403 e. The lowest BCUT2D eigenvalue weighted by Crippen LogP contribution is -2.41. The van der Waals surface area contributed by atoms with Gasteiger partial charge in [-0.1, -0.05) is 146 Å². The molecule has 0 aromatic heterocycles. The lowest BCUT2D eigenvalue weighted by atomic mass is 9.85. The van der Waals surface area contributed by atoms with Crippen molar-refractivity contribution in [2.75, 3.05) is 27.9 Å². The van der Waals surface area contributed by atoms with Crippen LogP contribution in [0.1, 0.15) is 27.7 Å². The molecule has 0 aromatic rings. The van der Waals surface area contributed by atoms with Crippen LogP contribution in [0.5, 0.6) is 0 Å². The van der Waals surface area contributed by atoms with E-state index < -0.39 is 26.6 Å². The number of aliphatic hydroxyl groups excluding tert-OH is 2. The van der Waals surface area contributed by atoms with Crippen molar-refractivity contribution in [1.29, 1.82) is 0 Å². The molecule has 0 radical (unpaired) electrons. The molecule has 0 spiro atoms. The number of halogens is 6. The molecule has 1 heterocycles. The predicted octanol–water partition coefficient (Wildman–Crippen LogP) is 9.74. The van der Waals surface area contributed by atoms with Crippen molar-refractivity contribution in [3.8, 4) is 0 Å². The van der Waals surface area contributed by atoms with Crippen LogP contribution >= 0.6 is 86.9 Å². The molecule has 0 aromatic carbocycles. The van der Waals surface area contributed by atoms with Gasteiger partial charge in [-0.2, -0.15) is 0 Å². The lowest BCUT2D eigenvalue weighted by molar-refractivity contribution is -0.127. The van der Waals surface area contributed by atoms with E-state index in [4.69, 9.17) is 19.2 Å². The van der Waals surface area contributed by atoms with Crippen molar-refractivity contribution in [2.24, 2.45) is 0 Å². The van der Waals surface area contributed by atoms with Crippen molar-refractivity contribution in [2.45, 2.75) is 96.1 Å². The Morgan fingerprint density at radius 3 is 1.47 bits per heavy atom. The minimum absolute atomic E-state index is 0.0856. The standard InChI is InChI=1S/C12H25BO2Si.C8H17BrOSi.C5H7Br.C2H5BrO.C2H3BrO.C2Cl2O2/c1-11(2)12(3,4)15-13(14-11)9-8-10-16(5,6)7;1-5-8(7(10)6-9)11(2,3)4;1-2-3-4-5-6;2*3-1-2-4;3-1(5)2(4)6/h8,10H,9H2,1-7H3;5,7-8,10H,1,6H2,2-4H3;2-4H,1,5H2;4H,1-2H2;2H,1H2;/b10-8+;;4-3+;;;/t;7-,8+;;;;/m.1..../s1. The highest BCUT2D eigenvalue weighted by molar-refractivity contribution is 9.09. The maximum absolute atomic E-state index is 9.57. The molecule has 1 aliphatic rings. The highest BCUT2D eigenvalue weighted by Gasteiger charge is 2.50. The Kier molecular flexibility index (Phi) is 39.8. The minimum Gasteiger partial charge on any atom is -0.403 e. The second kappa shape index (κ2) is 32.7. The number of hydrogen-bond acceptors (Lipinski definition) is 7. The van der Waals surface area contributed by atoms with Gasteiger partial charge in [0.05, 0.1) is 45.4 Å². The molecular formula is C31H57BBr4Cl2O7Si2. The molecule has 1 rings (SSSR count). The van der Waals surface area contributed by atoms with Gasteiger partial charge in [-0.3, -0.25) is 9.59 Å². The van der Waals surface area contributed by atoms with Gasteiger partial charge in [0.1, 0.15) is 6.29 Å². The number of rotatable bonds is 12. The summed E-state index contributed by atoms with van der Waals surface area (Å²) < 4.78 is 11.8. The minimum atomic E-state index is -1.27. The summed E-state index contributed by atoms with van der Waals surface area (Å²) in [5, 5.41) is 17.8. The Morgan fingerprint density at radius 1 is 0.894 bits per heavy atom. The maximum atomic E-state index is 9.57. The first-order chi connectivity index (χ1) is 21.4.